The molecule has 0 fully saturated rings. The van der Waals surface area contributed by atoms with Crippen LogP contribution in [0.5, 0.6) is 0 Å². The molecule has 1 aromatic rings. The van der Waals surface area contributed by atoms with Crippen LogP contribution < -0.4 is 0 Å². The largest absolute Gasteiger partial charge is 0.478 e. The first-order chi connectivity index (χ1) is 6.56. The number of hydrogen-bond donors (Lipinski definition) is 1. The Labute approximate surface area is 78.2 Å². The fourth-order valence-electron chi connectivity index (χ4n) is 0.978. The third kappa shape index (κ3) is 1.85. The molecular formula is C9H5F2NO2. The van der Waals surface area contributed by atoms with Gasteiger partial charge in [0.05, 0.1) is 17.2 Å². The molecule has 0 bridgehead atoms. The van der Waals surface area contributed by atoms with E-state index in [1.165, 1.54) is 0 Å². The fraction of sp³-hybridized carbons (Fsp3) is 0.111. The maximum atomic E-state index is 12.3. The third-order valence-electron chi connectivity index (χ3n) is 1.65. The standard InChI is InChI=1S/C9H5F2NO2/c10-8(11)7-3-5(9(13)14)1-2-6(7)4-12/h1-3,8H,(H,13,14). The maximum absolute atomic E-state index is 12.3. The summed E-state index contributed by atoms with van der Waals surface area (Å²) in [5.41, 5.74) is -1.00. The topological polar surface area (TPSA) is 61.1 Å². The van der Waals surface area contributed by atoms with Crippen LogP contribution in [0.2, 0.25) is 0 Å². The first kappa shape index (κ1) is 10.1. The fourth-order valence-corrected chi connectivity index (χ4v) is 0.978. The summed E-state index contributed by atoms with van der Waals surface area (Å²) in [6.07, 6.45) is -2.84. The number of carboxylic acids is 1. The molecule has 0 heterocycles. The van der Waals surface area contributed by atoms with Gasteiger partial charge in [0, 0.05) is 5.56 Å². The van der Waals surface area contributed by atoms with Gasteiger partial charge in [0.15, 0.2) is 0 Å². The molecule has 3 nitrogen and oxygen atoms in total. The number of carboxylic acid groups (broad SMARTS) is 1. The lowest BCUT2D eigenvalue weighted by molar-refractivity contribution is 0.0696. The molecule has 0 spiro atoms. The summed E-state index contributed by atoms with van der Waals surface area (Å²) in [5, 5.41) is 17.0. The lowest BCUT2D eigenvalue weighted by Crippen LogP contribution is -1.99. The molecule has 1 aromatic carbocycles. The van der Waals surface area contributed by atoms with Gasteiger partial charge < -0.3 is 5.11 Å². The van der Waals surface area contributed by atoms with Crippen LogP contribution in [-0.2, 0) is 0 Å². The number of benzene rings is 1. The highest BCUT2D eigenvalue weighted by Crippen LogP contribution is 2.23. The van der Waals surface area contributed by atoms with E-state index in [9.17, 15) is 13.6 Å². The summed E-state index contributed by atoms with van der Waals surface area (Å²) < 4.78 is 24.6. The van der Waals surface area contributed by atoms with Crippen LogP contribution in [0.25, 0.3) is 0 Å². The van der Waals surface area contributed by atoms with E-state index in [1.807, 2.05) is 0 Å². The SMILES string of the molecule is N#Cc1ccc(C(=O)O)cc1C(F)F. The van der Waals surface area contributed by atoms with Crippen molar-refractivity contribution in [3.8, 4) is 6.07 Å². The first-order valence-corrected chi connectivity index (χ1v) is 3.61. The molecule has 0 aliphatic heterocycles. The van der Waals surface area contributed by atoms with E-state index in [-0.39, 0.29) is 11.1 Å². The second-order valence-corrected chi connectivity index (χ2v) is 2.52. The van der Waals surface area contributed by atoms with Gasteiger partial charge in [-0.3, -0.25) is 0 Å². The van der Waals surface area contributed by atoms with E-state index < -0.39 is 18.0 Å². The molecule has 0 atom stereocenters. The van der Waals surface area contributed by atoms with E-state index >= 15 is 0 Å². The second-order valence-electron chi connectivity index (χ2n) is 2.52. The summed E-state index contributed by atoms with van der Waals surface area (Å²) in [7, 11) is 0. The number of alkyl halides is 2. The van der Waals surface area contributed by atoms with Crippen molar-refractivity contribution >= 4 is 5.97 Å². The average Bonchev–Trinajstić information content (AvgIpc) is 2.16. The molecule has 0 amide bonds. The van der Waals surface area contributed by atoms with Crippen molar-refractivity contribution in [2.75, 3.05) is 0 Å². The molecule has 0 aromatic heterocycles. The molecule has 1 N–H and O–H groups in total. The lowest BCUT2D eigenvalue weighted by Gasteiger charge is -2.03. The van der Waals surface area contributed by atoms with Gasteiger partial charge in [0.2, 0.25) is 0 Å². The van der Waals surface area contributed by atoms with Crippen LogP contribution in [0.15, 0.2) is 18.2 Å². The molecule has 72 valence electrons. The van der Waals surface area contributed by atoms with Gasteiger partial charge >= 0.3 is 5.97 Å². The van der Waals surface area contributed by atoms with Crippen LogP contribution in [0.4, 0.5) is 8.78 Å². The second kappa shape index (κ2) is 3.83. The summed E-state index contributed by atoms with van der Waals surface area (Å²) in [4.78, 5) is 10.4. The van der Waals surface area contributed by atoms with Crippen LogP contribution in [0.1, 0.15) is 27.9 Å². The van der Waals surface area contributed by atoms with E-state index in [1.54, 1.807) is 6.07 Å². The van der Waals surface area contributed by atoms with E-state index in [0.717, 1.165) is 18.2 Å². The molecule has 0 unspecified atom stereocenters. The van der Waals surface area contributed by atoms with Crippen LogP contribution in [0, 0.1) is 11.3 Å². The Morgan fingerprint density at radius 1 is 1.50 bits per heavy atom. The Bertz CT molecular complexity index is 410. The molecule has 0 aliphatic rings. The Balaban J connectivity index is 3.29. The molecule has 0 aliphatic carbocycles. The zero-order valence-corrected chi connectivity index (χ0v) is 6.87. The first-order valence-electron chi connectivity index (χ1n) is 3.61. The van der Waals surface area contributed by atoms with E-state index in [2.05, 4.69) is 0 Å². The van der Waals surface area contributed by atoms with Gasteiger partial charge in [0.1, 0.15) is 0 Å². The van der Waals surface area contributed by atoms with Crippen molar-refractivity contribution in [1.29, 1.82) is 5.26 Å². The molecule has 0 radical (unpaired) electrons. The minimum absolute atomic E-state index is 0.204. The Hall–Kier alpha value is -1.96. The molecule has 14 heavy (non-hydrogen) atoms. The summed E-state index contributed by atoms with van der Waals surface area (Å²) in [6, 6.07) is 4.57. The van der Waals surface area contributed by atoms with Crippen LogP contribution >= 0.6 is 0 Å². The highest BCUT2D eigenvalue weighted by atomic mass is 19.3. The zero-order chi connectivity index (χ0) is 10.7. The summed E-state index contributed by atoms with van der Waals surface area (Å²) >= 11 is 0. The Kier molecular flexibility index (Phi) is 2.77. The number of halogens is 2. The molecule has 0 saturated carbocycles. The number of carbonyl (C=O) groups is 1. The minimum Gasteiger partial charge on any atom is -0.478 e. The van der Waals surface area contributed by atoms with Gasteiger partial charge in [0.25, 0.3) is 6.43 Å². The van der Waals surface area contributed by atoms with Crippen molar-refractivity contribution in [3.05, 3.63) is 34.9 Å². The smallest absolute Gasteiger partial charge is 0.335 e. The Morgan fingerprint density at radius 2 is 2.14 bits per heavy atom. The number of rotatable bonds is 2. The van der Waals surface area contributed by atoms with Crippen molar-refractivity contribution in [2.45, 2.75) is 6.43 Å². The van der Waals surface area contributed by atoms with Crippen molar-refractivity contribution < 1.29 is 18.7 Å². The quantitative estimate of drug-likeness (QED) is 0.790. The van der Waals surface area contributed by atoms with Crippen molar-refractivity contribution in [1.82, 2.24) is 0 Å². The maximum Gasteiger partial charge on any atom is 0.335 e. The van der Waals surface area contributed by atoms with E-state index in [0.29, 0.717) is 0 Å². The average molecular weight is 197 g/mol. The van der Waals surface area contributed by atoms with Crippen LogP contribution in [0.3, 0.4) is 0 Å². The van der Waals surface area contributed by atoms with Crippen molar-refractivity contribution in [2.24, 2.45) is 0 Å². The summed E-state index contributed by atoms with van der Waals surface area (Å²) in [6.45, 7) is 0. The van der Waals surface area contributed by atoms with Gasteiger partial charge in [-0.25, -0.2) is 13.6 Å². The summed E-state index contributed by atoms with van der Waals surface area (Å²) in [5.74, 6) is -1.30. The number of aromatic carboxylic acids is 1. The van der Waals surface area contributed by atoms with Gasteiger partial charge in [-0.1, -0.05) is 0 Å². The van der Waals surface area contributed by atoms with E-state index in [4.69, 9.17) is 10.4 Å². The molecular weight excluding hydrogens is 192 g/mol. The van der Waals surface area contributed by atoms with Crippen molar-refractivity contribution in [3.63, 3.8) is 0 Å². The number of nitriles is 1. The predicted octanol–water partition coefficient (Wildman–Crippen LogP) is 2.19. The van der Waals surface area contributed by atoms with Crippen LogP contribution in [-0.4, -0.2) is 11.1 Å². The predicted molar refractivity (Wildman–Crippen MR) is 43.1 cm³/mol. The zero-order valence-electron chi connectivity index (χ0n) is 6.87. The molecule has 0 saturated heterocycles. The number of nitrogens with zero attached hydrogens (tertiary/aromatic N) is 1. The minimum atomic E-state index is -2.84. The number of hydrogen-bond acceptors (Lipinski definition) is 2. The highest BCUT2D eigenvalue weighted by molar-refractivity contribution is 5.88. The highest BCUT2D eigenvalue weighted by Gasteiger charge is 2.15. The third-order valence-corrected chi connectivity index (χ3v) is 1.65. The Morgan fingerprint density at radius 3 is 2.57 bits per heavy atom. The normalized spacial score (nSPS) is 9.86. The lowest BCUT2D eigenvalue weighted by atomic mass is 10.1. The molecule has 1 rings (SSSR count). The van der Waals surface area contributed by atoms with Gasteiger partial charge in [-0.2, -0.15) is 5.26 Å². The van der Waals surface area contributed by atoms with Gasteiger partial charge in [-0.15, -0.1) is 0 Å². The van der Waals surface area contributed by atoms with Gasteiger partial charge in [-0.05, 0) is 18.2 Å². The monoisotopic (exact) mass is 197 g/mol. The molecule has 5 heteroatoms.